The van der Waals surface area contributed by atoms with Gasteiger partial charge < -0.3 is 5.73 Å². The maximum absolute atomic E-state index is 6.92. The minimum atomic E-state index is 0.278. The maximum Gasteiger partial charge on any atom is 0.101 e. The topological polar surface area (TPSA) is 49.9 Å². The van der Waals surface area contributed by atoms with Gasteiger partial charge in [0.05, 0.1) is 5.75 Å². The van der Waals surface area contributed by atoms with E-state index in [1.807, 2.05) is 0 Å². The van der Waals surface area contributed by atoms with E-state index in [-0.39, 0.29) is 5.84 Å². The molecule has 0 spiro atoms. The second kappa shape index (κ2) is 4.68. The summed E-state index contributed by atoms with van der Waals surface area (Å²) in [5, 5.41) is 7.55. The fourth-order valence-corrected chi connectivity index (χ4v) is 1.05. The number of thioether (sulfide) groups is 1. The molecule has 54 valence electrons. The Kier molecular flexibility index (Phi) is 4.58. The lowest BCUT2D eigenvalue weighted by Crippen LogP contribution is -2.14. The normalized spacial score (nSPS) is 13.1. The van der Waals surface area contributed by atoms with Crippen molar-refractivity contribution >= 4 is 17.6 Å². The molecule has 0 saturated carbocycles. The molecule has 0 heterocycles. The van der Waals surface area contributed by atoms with Gasteiger partial charge in [0.1, 0.15) is 5.84 Å². The zero-order chi connectivity index (χ0) is 7.28. The Balaban J connectivity index is 3.16. The largest absolute Gasteiger partial charge is 0.387 e. The summed E-state index contributed by atoms with van der Waals surface area (Å²) < 4.78 is 0. The van der Waals surface area contributed by atoms with Crippen molar-refractivity contribution in [1.82, 2.24) is 0 Å². The lowest BCUT2D eigenvalue weighted by molar-refractivity contribution is 0.908. The van der Waals surface area contributed by atoms with E-state index in [0.29, 0.717) is 11.0 Å². The second-order valence-electron chi connectivity index (χ2n) is 2.06. The zero-order valence-electron chi connectivity index (χ0n) is 5.98. The number of rotatable bonds is 4. The highest BCUT2D eigenvalue weighted by molar-refractivity contribution is 8.00. The van der Waals surface area contributed by atoms with Crippen molar-refractivity contribution in [2.75, 3.05) is 5.75 Å². The highest BCUT2D eigenvalue weighted by Crippen LogP contribution is 2.11. The molecule has 0 bridgehead atoms. The number of hydrogen-bond acceptors (Lipinski definition) is 2. The van der Waals surface area contributed by atoms with Crippen molar-refractivity contribution in [1.29, 1.82) is 5.41 Å². The van der Waals surface area contributed by atoms with Crippen LogP contribution in [0.4, 0.5) is 0 Å². The van der Waals surface area contributed by atoms with E-state index < -0.39 is 0 Å². The van der Waals surface area contributed by atoms with Gasteiger partial charge in [-0.25, -0.2) is 0 Å². The van der Waals surface area contributed by atoms with Crippen LogP contribution in [0.25, 0.3) is 0 Å². The van der Waals surface area contributed by atoms with E-state index in [4.69, 9.17) is 11.1 Å². The van der Waals surface area contributed by atoms with Gasteiger partial charge in [0.25, 0.3) is 0 Å². The molecular formula is C6H14N2S. The first-order valence-corrected chi connectivity index (χ1v) is 4.16. The summed E-state index contributed by atoms with van der Waals surface area (Å²) >= 11 is 1.73. The van der Waals surface area contributed by atoms with Crippen LogP contribution in [0.1, 0.15) is 20.3 Å². The molecule has 3 heteroatoms. The predicted molar refractivity (Wildman–Crippen MR) is 44.1 cm³/mol. The summed E-state index contributed by atoms with van der Waals surface area (Å²) in [6.07, 6.45) is 1.15. The molecule has 0 saturated heterocycles. The Morgan fingerprint density at radius 1 is 1.78 bits per heavy atom. The van der Waals surface area contributed by atoms with Crippen molar-refractivity contribution in [2.45, 2.75) is 25.5 Å². The molecule has 0 aliphatic carbocycles. The van der Waals surface area contributed by atoms with Crippen LogP contribution < -0.4 is 5.73 Å². The van der Waals surface area contributed by atoms with Gasteiger partial charge in [-0.05, 0) is 6.42 Å². The molecule has 0 radical (unpaired) electrons. The van der Waals surface area contributed by atoms with E-state index in [2.05, 4.69) is 13.8 Å². The maximum atomic E-state index is 6.92. The molecule has 0 fully saturated rings. The average molecular weight is 146 g/mol. The van der Waals surface area contributed by atoms with Crippen molar-refractivity contribution in [3.63, 3.8) is 0 Å². The van der Waals surface area contributed by atoms with E-state index in [1.54, 1.807) is 11.8 Å². The average Bonchev–Trinajstić information content (AvgIpc) is 1.83. The van der Waals surface area contributed by atoms with E-state index in [1.165, 1.54) is 0 Å². The van der Waals surface area contributed by atoms with Crippen molar-refractivity contribution in [3.8, 4) is 0 Å². The van der Waals surface area contributed by atoms with Crippen molar-refractivity contribution < 1.29 is 0 Å². The van der Waals surface area contributed by atoms with Crippen LogP contribution in [0.15, 0.2) is 0 Å². The standard InChI is InChI=1S/C6H14N2S/c1-3-5(2)9-4-6(7)8/h5H,3-4H2,1-2H3,(H3,7,8). The third-order valence-corrected chi connectivity index (χ3v) is 2.48. The number of amidine groups is 1. The first kappa shape index (κ1) is 8.82. The van der Waals surface area contributed by atoms with Crippen LogP contribution >= 0.6 is 11.8 Å². The van der Waals surface area contributed by atoms with Gasteiger partial charge in [-0.2, -0.15) is 11.8 Å². The van der Waals surface area contributed by atoms with Crippen LogP contribution in [0.2, 0.25) is 0 Å². The quantitative estimate of drug-likeness (QED) is 0.466. The van der Waals surface area contributed by atoms with E-state index in [9.17, 15) is 0 Å². The molecule has 0 aromatic carbocycles. The SMILES string of the molecule is CCC(C)SCC(=N)N. The van der Waals surface area contributed by atoms with Crippen LogP contribution in [-0.4, -0.2) is 16.8 Å². The van der Waals surface area contributed by atoms with Gasteiger partial charge in [-0.15, -0.1) is 0 Å². The molecule has 9 heavy (non-hydrogen) atoms. The molecule has 0 aromatic rings. The third-order valence-electron chi connectivity index (χ3n) is 1.10. The van der Waals surface area contributed by atoms with Crippen LogP contribution in [0.3, 0.4) is 0 Å². The summed E-state index contributed by atoms with van der Waals surface area (Å²) in [5.74, 6) is 0.954. The summed E-state index contributed by atoms with van der Waals surface area (Å²) in [5.41, 5.74) is 5.16. The summed E-state index contributed by atoms with van der Waals surface area (Å²) in [4.78, 5) is 0. The van der Waals surface area contributed by atoms with Gasteiger partial charge >= 0.3 is 0 Å². The second-order valence-corrected chi connectivity index (χ2v) is 3.48. The van der Waals surface area contributed by atoms with Crippen LogP contribution in [0.5, 0.6) is 0 Å². The number of nitrogens with one attached hydrogen (secondary N) is 1. The summed E-state index contributed by atoms with van der Waals surface area (Å²) in [7, 11) is 0. The molecule has 1 atom stereocenters. The number of hydrogen-bond donors (Lipinski definition) is 2. The van der Waals surface area contributed by atoms with Crippen molar-refractivity contribution in [3.05, 3.63) is 0 Å². The molecule has 0 aliphatic heterocycles. The molecular weight excluding hydrogens is 132 g/mol. The molecule has 0 aromatic heterocycles. The fraction of sp³-hybridized carbons (Fsp3) is 0.833. The van der Waals surface area contributed by atoms with Gasteiger partial charge in [-0.3, -0.25) is 5.41 Å². The lowest BCUT2D eigenvalue weighted by Gasteiger charge is -2.05. The molecule has 1 unspecified atom stereocenters. The summed E-state index contributed by atoms with van der Waals surface area (Å²) in [6, 6.07) is 0. The van der Waals surface area contributed by atoms with E-state index in [0.717, 1.165) is 6.42 Å². The molecule has 3 N–H and O–H groups in total. The predicted octanol–water partition coefficient (Wildman–Crippen LogP) is 1.45. The third kappa shape index (κ3) is 5.69. The van der Waals surface area contributed by atoms with E-state index >= 15 is 0 Å². The first-order chi connectivity index (χ1) is 4.16. The minimum Gasteiger partial charge on any atom is -0.387 e. The zero-order valence-corrected chi connectivity index (χ0v) is 6.79. The Labute approximate surface area is 60.7 Å². The smallest absolute Gasteiger partial charge is 0.101 e. The lowest BCUT2D eigenvalue weighted by atomic mass is 10.4. The van der Waals surface area contributed by atoms with Gasteiger partial charge in [0, 0.05) is 5.25 Å². The highest BCUT2D eigenvalue weighted by atomic mass is 32.2. The van der Waals surface area contributed by atoms with Gasteiger partial charge in [0.15, 0.2) is 0 Å². The van der Waals surface area contributed by atoms with Gasteiger partial charge in [-0.1, -0.05) is 13.8 Å². The Morgan fingerprint density at radius 3 is 2.67 bits per heavy atom. The number of nitrogens with two attached hydrogens (primary N) is 1. The fourth-order valence-electron chi connectivity index (χ4n) is 0.350. The molecule has 0 rings (SSSR count). The summed E-state index contributed by atoms with van der Waals surface area (Å²) in [6.45, 7) is 4.28. The minimum absolute atomic E-state index is 0.278. The monoisotopic (exact) mass is 146 g/mol. The molecule has 0 aliphatic rings. The molecule has 2 nitrogen and oxygen atoms in total. The van der Waals surface area contributed by atoms with Crippen LogP contribution in [0, 0.1) is 5.41 Å². The Bertz CT molecular complexity index is 93.1. The Hall–Kier alpha value is -0.180. The first-order valence-electron chi connectivity index (χ1n) is 3.11. The Morgan fingerprint density at radius 2 is 2.33 bits per heavy atom. The highest BCUT2D eigenvalue weighted by Gasteiger charge is 1.98. The molecule has 0 amide bonds. The van der Waals surface area contributed by atoms with Gasteiger partial charge in [0.2, 0.25) is 0 Å². The van der Waals surface area contributed by atoms with Crippen LogP contribution in [-0.2, 0) is 0 Å². The van der Waals surface area contributed by atoms with Crippen molar-refractivity contribution in [2.24, 2.45) is 5.73 Å².